The van der Waals surface area contributed by atoms with Crippen molar-refractivity contribution in [3.63, 3.8) is 0 Å². The van der Waals surface area contributed by atoms with Gasteiger partial charge in [0.1, 0.15) is 0 Å². The molecule has 11 rings (SSSR count). The van der Waals surface area contributed by atoms with Gasteiger partial charge in [0.15, 0.2) is 0 Å². The van der Waals surface area contributed by atoms with Crippen molar-refractivity contribution < 1.29 is 0 Å². The molecule has 0 fully saturated rings. The van der Waals surface area contributed by atoms with Crippen LogP contribution in [0, 0.1) is 0 Å². The highest BCUT2D eigenvalue weighted by molar-refractivity contribution is 7.26. The lowest BCUT2D eigenvalue weighted by Gasteiger charge is -2.29. The highest BCUT2D eigenvalue weighted by Gasteiger charge is 2.21. The molecule has 0 atom stereocenters. The summed E-state index contributed by atoms with van der Waals surface area (Å²) >= 11 is 3.75. The molecule has 0 aliphatic rings. The fourth-order valence-electron chi connectivity index (χ4n) is 8.40. The highest BCUT2D eigenvalue weighted by Crippen LogP contribution is 2.48. The van der Waals surface area contributed by atoms with E-state index in [0.29, 0.717) is 0 Å². The molecule has 2 aromatic heterocycles. The lowest BCUT2D eigenvalue weighted by Crippen LogP contribution is -2.11. The number of benzene rings is 9. The van der Waals surface area contributed by atoms with Crippen LogP contribution >= 0.6 is 22.7 Å². The van der Waals surface area contributed by atoms with Gasteiger partial charge in [-0.1, -0.05) is 152 Å². The number of nitrogens with zero attached hydrogens (tertiary/aromatic N) is 1. The van der Waals surface area contributed by atoms with E-state index in [1.54, 1.807) is 0 Å². The third kappa shape index (κ3) is 5.35. The Morgan fingerprint density at radius 3 is 1.69 bits per heavy atom. The number of fused-ring (bicyclic) bond motifs is 7. The maximum Gasteiger partial charge on any atom is 0.0540 e. The second-order valence-corrected chi connectivity index (χ2v) is 16.2. The number of hydrogen-bond acceptors (Lipinski definition) is 3. The van der Waals surface area contributed by atoms with Gasteiger partial charge in [0.05, 0.1) is 5.69 Å². The summed E-state index contributed by atoms with van der Waals surface area (Å²) in [5.41, 5.74) is 10.7. The minimum atomic E-state index is 1.11. The van der Waals surface area contributed by atoms with Crippen molar-refractivity contribution >= 4 is 90.9 Å². The van der Waals surface area contributed by atoms with Gasteiger partial charge in [0, 0.05) is 57.3 Å². The van der Waals surface area contributed by atoms with Crippen LogP contribution in [-0.4, -0.2) is 0 Å². The topological polar surface area (TPSA) is 3.24 Å². The van der Waals surface area contributed by atoms with E-state index in [2.05, 4.69) is 205 Å². The Hall–Kier alpha value is -6.52. The van der Waals surface area contributed by atoms with Gasteiger partial charge in [-0.2, -0.15) is 0 Å². The monoisotopic (exact) mass is 735 g/mol. The third-order valence-electron chi connectivity index (χ3n) is 10.9. The largest absolute Gasteiger partial charge is 0.310 e. The highest BCUT2D eigenvalue weighted by atomic mass is 32.1. The molecule has 1 nitrogen and oxygen atoms in total. The van der Waals surface area contributed by atoms with Gasteiger partial charge < -0.3 is 4.90 Å². The summed E-state index contributed by atoms with van der Waals surface area (Å²) in [6.07, 6.45) is 0. The molecule has 9 aromatic carbocycles. The van der Waals surface area contributed by atoms with Gasteiger partial charge in [-0.25, -0.2) is 0 Å². The third-order valence-corrected chi connectivity index (χ3v) is 13.2. The second-order valence-electron chi connectivity index (χ2n) is 14.0. The van der Waals surface area contributed by atoms with Crippen LogP contribution in [0.25, 0.3) is 84.5 Å². The molecule has 3 heteroatoms. The van der Waals surface area contributed by atoms with Crippen LogP contribution in [0.2, 0.25) is 0 Å². The summed E-state index contributed by atoms with van der Waals surface area (Å²) in [4.78, 5) is 2.46. The van der Waals surface area contributed by atoms with Gasteiger partial charge in [-0.05, 0) is 87.1 Å². The van der Waals surface area contributed by atoms with E-state index in [4.69, 9.17) is 0 Å². The van der Waals surface area contributed by atoms with Crippen LogP contribution in [0.1, 0.15) is 0 Å². The minimum Gasteiger partial charge on any atom is -0.310 e. The molecule has 0 aliphatic carbocycles. The van der Waals surface area contributed by atoms with Crippen molar-refractivity contribution in [1.82, 2.24) is 0 Å². The second kappa shape index (κ2) is 13.1. The first-order valence-electron chi connectivity index (χ1n) is 18.7. The summed E-state index contributed by atoms with van der Waals surface area (Å²) in [6, 6.07) is 73.5. The molecule has 0 spiro atoms. The van der Waals surface area contributed by atoms with E-state index in [1.165, 1.54) is 84.5 Å². The molecule has 0 saturated carbocycles. The molecule has 0 N–H and O–H groups in total. The number of thiophene rings is 2. The average Bonchev–Trinajstić information content (AvgIpc) is 3.83. The van der Waals surface area contributed by atoms with Gasteiger partial charge in [0.25, 0.3) is 0 Å². The summed E-state index contributed by atoms with van der Waals surface area (Å²) in [5.74, 6) is 0. The van der Waals surface area contributed by atoms with Crippen LogP contribution < -0.4 is 4.90 Å². The first kappa shape index (κ1) is 32.0. The van der Waals surface area contributed by atoms with Crippen molar-refractivity contribution in [1.29, 1.82) is 0 Å². The molecule has 0 bridgehead atoms. The maximum atomic E-state index is 2.46. The zero-order valence-corrected chi connectivity index (χ0v) is 31.4. The molecule has 0 aliphatic heterocycles. The minimum absolute atomic E-state index is 1.11. The van der Waals surface area contributed by atoms with E-state index in [0.717, 1.165) is 17.1 Å². The number of hydrogen-bond donors (Lipinski definition) is 0. The van der Waals surface area contributed by atoms with Crippen molar-refractivity contribution in [3.05, 3.63) is 200 Å². The number of anilines is 3. The van der Waals surface area contributed by atoms with E-state index in [-0.39, 0.29) is 0 Å². The zero-order chi connectivity index (χ0) is 36.3. The van der Waals surface area contributed by atoms with Crippen molar-refractivity contribution in [3.8, 4) is 33.4 Å². The number of para-hydroxylation sites is 1. The Morgan fingerprint density at radius 2 is 0.855 bits per heavy atom. The van der Waals surface area contributed by atoms with Crippen LogP contribution in [0.15, 0.2) is 200 Å². The molecule has 0 radical (unpaired) electrons. The molecular weight excluding hydrogens is 703 g/mol. The quantitative estimate of drug-likeness (QED) is 0.164. The van der Waals surface area contributed by atoms with E-state index in [1.807, 2.05) is 22.7 Å². The molecular formula is C52H33NS2. The van der Waals surface area contributed by atoms with Gasteiger partial charge in [-0.15, -0.1) is 22.7 Å². The first-order valence-corrected chi connectivity index (χ1v) is 20.3. The van der Waals surface area contributed by atoms with Gasteiger partial charge in [0.2, 0.25) is 0 Å². The van der Waals surface area contributed by atoms with Crippen molar-refractivity contribution in [2.24, 2.45) is 0 Å². The predicted octanol–water partition coefficient (Wildman–Crippen LogP) is 16.0. The van der Waals surface area contributed by atoms with Crippen LogP contribution in [0.4, 0.5) is 17.1 Å². The Morgan fingerprint density at radius 1 is 0.327 bits per heavy atom. The molecule has 0 saturated heterocycles. The lowest BCUT2D eigenvalue weighted by atomic mass is 9.95. The van der Waals surface area contributed by atoms with Crippen LogP contribution in [0.3, 0.4) is 0 Å². The SMILES string of the molecule is c1cc(-c2cccc3ccccc23)cc(N(c2cccc(-c3cccc4c3sc3ccccc34)c2)c2ccccc2-c2cccc3sc4ccccc4c23)c1. The average molecular weight is 736 g/mol. The molecule has 11 aromatic rings. The first-order chi connectivity index (χ1) is 27.3. The van der Waals surface area contributed by atoms with Crippen molar-refractivity contribution in [2.45, 2.75) is 0 Å². The van der Waals surface area contributed by atoms with Crippen molar-refractivity contribution in [2.75, 3.05) is 4.90 Å². The molecule has 0 unspecified atom stereocenters. The molecule has 2 heterocycles. The standard InChI is InChI=1S/C52H33NS2/c1-2-20-39-34(14-1)15-11-24-40(39)35-16-9-18-37(32-35)53(38-19-10-17-36(33-38)41-25-12-27-45-43-22-4-7-29-48(43)55-52(41)45)47-28-6-3-21-42(47)44-26-13-31-50-51(44)46-23-5-8-30-49(46)54-50/h1-33H. The van der Waals surface area contributed by atoms with Crippen LogP contribution in [-0.2, 0) is 0 Å². The molecule has 0 amide bonds. The fraction of sp³-hybridized carbons (Fsp3) is 0. The van der Waals surface area contributed by atoms with Gasteiger partial charge in [-0.3, -0.25) is 0 Å². The van der Waals surface area contributed by atoms with E-state index < -0.39 is 0 Å². The zero-order valence-electron chi connectivity index (χ0n) is 29.8. The number of rotatable bonds is 6. The summed E-state index contributed by atoms with van der Waals surface area (Å²) in [6.45, 7) is 0. The smallest absolute Gasteiger partial charge is 0.0540 e. The Bertz CT molecular complexity index is 3230. The van der Waals surface area contributed by atoms with Crippen LogP contribution in [0.5, 0.6) is 0 Å². The Kier molecular flexibility index (Phi) is 7.61. The van der Waals surface area contributed by atoms with E-state index >= 15 is 0 Å². The summed E-state index contributed by atoms with van der Waals surface area (Å²) in [5, 5.41) is 7.73. The lowest BCUT2D eigenvalue weighted by molar-refractivity contribution is 1.29. The predicted molar refractivity (Wildman–Crippen MR) is 241 cm³/mol. The summed E-state index contributed by atoms with van der Waals surface area (Å²) in [7, 11) is 0. The normalized spacial score (nSPS) is 11.6. The molecule has 258 valence electrons. The Balaban J connectivity index is 1.15. The summed E-state index contributed by atoms with van der Waals surface area (Å²) < 4.78 is 5.25. The van der Waals surface area contributed by atoms with Gasteiger partial charge >= 0.3 is 0 Å². The Labute approximate surface area is 327 Å². The fourth-order valence-corrected chi connectivity index (χ4v) is 10.8. The van der Waals surface area contributed by atoms with E-state index in [9.17, 15) is 0 Å². The molecule has 55 heavy (non-hydrogen) atoms. The maximum absolute atomic E-state index is 2.46.